The summed E-state index contributed by atoms with van der Waals surface area (Å²) in [6.45, 7) is 2.17. The normalized spacial score (nSPS) is 11.0. The van der Waals surface area contributed by atoms with E-state index < -0.39 is 15.9 Å². The van der Waals surface area contributed by atoms with Gasteiger partial charge in [0.15, 0.2) is 0 Å². The molecule has 0 amide bonds. The Labute approximate surface area is 191 Å². The molecule has 130 valence electrons. The first-order valence-corrected chi connectivity index (χ1v) is 9.39. The van der Waals surface area contributed by atoms with Crippen molar-refractivity contribution in [3.05, 3.63) is 48.0 Å². The number of hydrogen-bond donors (Lipinski definition) is 1. The molecule has 0 saturated heterocycles. The summed E-state index contributed by atoms with van der Waals surface area (Å²) in [6, 6.07) is 10.5. The summed E-state index contributed by atoms with van der Waals surface area (Å²) in [4.78, 5) is -0.371. The maximum atomic E-state index is 11.8. The largest absolute Gasteiger partial charge is 1.00 e. The van der Waals surface area contributed by atoms with Crippen LogP contribution in [-0.4, -0.2) is 13.0 Å². The van der Waals surface area contributed by atoms with Crippen LogP contribution in [0.25, 0.3) is 0 Å². The van der Waals surface area contributed by atoms with Gasteiger partial charge in [0, 0.05) is 6.07 Å². The van der Waals surface area contributed by atoms with Crippen molar-refractivity contribution >= 4 is 10.1 Å². The third-order valence-electron chi connectivity index (χ3n) is 3.68. The molecule has 0 aliphatic carbocycles. The van der Waals surface area contributed by atoms with Crippen LogP contribution >= 0.6 is 0 Å². The van der Waals surface area contributed by atoms with E-state index in [0.717, 1.165) is 31.0 Å². The molecule has 0 unspecified atom stereocenters. The Morgan fingerprint density at radius 3 is 2.32 bits per heavy atom. The van der Waals surface area contributed by atoms with Crippen LogP contribution in [0.15, 0.2) is 47.4 Å². The second kappa shape index (κ2) is 10.7. The summed E-state index contributed by atoms with van der Waals surface area (Å²) in [7, 11) is -4.38. The first-order chi connectivity index (χ1) is 11.4. The van der Waals surface area contributed by atoms with Crippen LogP contribution in [0.2, 0.25) is 0 Å². The molecule has 0 radical (unpaired) electrons. The third-order valence-corrected chi connectivity index (χ3v) is 4.53. The molecule has 7 heteroatoms. The zero-order chi connectivity index (χ0) is 17.6. The minimum atomic E-state index is -4.38. The molecule has 0 fully saturated rings. The van der Waals surface area contributed by atoms with E-state index in [1.54, 1.807) is 12.1 Å². The zero-order valence-electron chi connectivity index (χ0n) is 14.6. The molecule has 0 aromatic heterocycles. The van der Waals surface area contributed by atoms with Crippen LogP contribution in [0.1, 0.15) is 38.2 Å². The van der Waals surface area contributed by atoms with Gasteiger partial charge in [0.25, 0.3) is 10.1 Å². The fourth-order valence-corrected chi connectivity index (χ4v) is 2.83. The van der Waals surface area contributed by atoms with Crippen LogP contribution in [-0.2, 0) is 16.5 Å². The summed E-state index contributed by atoms with van der Waals surface area (Å²) >= 11 is 0. The molecule has 25 heavy (non-hydrogen) atoms. The SMILES string of the molecule is CCCCCCc1ccc(Oc2cc(S(=O)(=O)O)ccc2[O-])cc1.[K+]. The molecule has 0 saturated carbocycles. The Morgan fingerprint density at radius 1 is 1.04 bits per heavy atom. The molecule has 1 N–H and O–H groups in total. The number of hydrogen-bond acceptors (Lipinski definition) is 4. The van der Waals surface area contributed by atoms with Gasteiger partial charge < -0.3 is 9.84 Å². The van der Waals surface area contributed by atoms with Gasteiger partial charge in [-0.1, -0.05) is 50.1 Å². The fourth-order valence-electron chi connectivity index (χ4n) is 2.34. The van der Waals surface area contributed by atoms with E-state index in [9.17, 15) is 13.5 Å². The molecule has 0 aliphatic rings. The van der Waals surface area contributed by atoms with Crippen molar-refractivity contribution < 1.29 is 74.2 Å². The van der Waals surface area contributed by atoms with Gasteiger partial charge in [-0.3, -0.25) is 4.55 Å². The van der Waals surface area contributed by atoms with Gasteiger partial charge in [-0.05, 0) is 36.6 Å². The molecule has 0 spiro atoms. The third kappa shape index (κ3) is 7.38. The van der Waals surface area contributed by atoms with Crippen molar-refractivity contribution in [2.75, 3.05) is 0 Å². The Kier molecular flexibility index (Phi) is 9.65. The van der Waals surface area contributed by atoms with Gasteiger partial charge in [0.1, 0.15) is 11.5 Å². The number of benzene rings is 2. The van der Waals surface area contributed by atoms with E-state index in [2.05, 4.69) is 6.92 Å². The van der Waals surface area contributed by atoms with Gasteiger partial charge in [0.05, 0.1) is 4.90 Å². The van der Waals surface area contributed by atoms with Gasteiger partial charge in [-0.15, -0.1) is 0 Å². The van der Waals surface area contributed by atoms with Crippen molar-refractivity contribution in [3.8, 4) is 17.2 Å². The molecular weight excluding hydrogens is 367 g/mol. The number of rotatable bonds is 8. The molecule has 5 nitrogen and oxygen atoms in total. The van der Waals surface area contributed by atoms with E-state index in [0.29, 0.717) is 5.75 Å². The van der Waals surface area contributed by atoms with Crippen LogP contribution in [0, 0.1) is 0 Å². The average Bonchev–Trinajstić information content (AvgIpc) is 2.54. The number of unbranched alkanes of at least 4 members (excludes halogenated alkanes) is 3. The quantitative estimate of drug-likeness (QED) is 0.413. The number of aryl methyl sites for hydroxylation is 1. The Morgan fingerprint density at radius 2 is 1.72 bits per heavy atom. The number of ether oxygens (including phenoxy) is 1. The zero-order valence-corrected chi connectivity index (χ0v) is 18.5. The first-order valence-electron chi connectivity index (χ1n) is 7.95. The van der Waals surface area contributed by atoms with Crippen LogP contribution < -0.4 is 61.2 Å². The minimum absolute atomic E-state index is 0. The van der Waals surface area contributed by atoms with Crippen molar-refractivity contribution in [1.82, 2.24) is 0 Å². The van der Waals surface area contributed by atoms with Crippen LogP contribution in [0.4, 0.5) is 0 Å². The topological polar surface area (TPSA) is 86.7 Å². The van der Waals surface area contributed by atoms with Crippen LogP contribution in [0.3, 0.4) is 0 Å². The maximum absolute atomic E-state index is 11.8. The summed E-state index contributed by atoms with van der Waals surface area (Å²) in [5.74, 6) is -0.149. The smallest absolute Gasteiger partial charge is 0.870 e. The van der Waals surface area contributed by atoms with Gasteiger partial charge >= 0.3 is 51.4 Å². The molecule has 2 aromatic rings. The molecule has 0 aliphatic heterocycles. The van der Waals surface area contributed by atoms with Crippen molar-refractivity contribution in [3.63, 3.8) is 0 Å². The second-order valence-electron chi connectivity index (χ2n) is 5.64. The molecule has 0 bridgehead atoms. The van der Waals surface area contributed by atoms with Crippen molar-refractivity contribution in [2.45, 2.75) is 43.9 Å². The Hall–Kier alpha value is -0.414. The molecule has 2 aromatic carbocycles. The van der Waals surface area contributed by atoms with Gasteiger partial charge in [0.2, 0.25) is 0 Å². The fraction of sp³-hybridized carbons (Fsp3) is 0.333. The standard InChI is InChI=1S/C18H22O5S.K/c1-2-3-4-5-6-14-7-9-15(10-8-14)23-18-13-16(24(20,21)22)11-12-17(18)19;/h7-13,19H,2-6H2,1H3,(H,20,21,22);/q;+1/p-1. The molecular formula is C18H21KO5S. The van der Waals surface area contributed by atoms with E-state index in [1.807, 2.05) is 12.1 Å². The van der Waals surface area contributed by atoms with E-state index >= 15 is 0 Å². The monoisotopic (exact) mass is 388 g/mol. The summed E-state index contributed by atoms with van der Waals surface area (Å²) < 4.78 is 36.8. The van der Waals surface area contributed by atoms with Crippen molar-refractivity contribution in [2.24, 2.45) is 0 Å². The molecule has 2 rings (SSSR count). The maximum Gasteiger partial charge on any atom is 1.00 e. The van der Waals surface area contributed by atoms with E-state index in [-0.39, 0.29) is 62.0 Å². The average molecular weight is 389 g/mol. The second-order valence-corrected chi connectivity index (χ2v) is 7.06. The van der Waals surface area contributed by atoms with Gasteiger partial charge in [-0.25, -0.2) is 0 Å². The summed E-state index contributed by atoms with van der Waals surface area (Å²) in [6.07, 6.45) is 5.77. The van der Waals surface area contributed by atoms with E-state index in [1.165, 1.54) is 24.8 Å². The molecule has 0 atom stereocenters. The summed E-state index contributed by atoms with van der Waals surface area (Å²) in [5.41, 5.74) is 1.19. The Balaban J connectivity index is 0.00000312. The van der Waals surface area contributed by atoms with Crippen LogP contribution in [0.5, 0.6) is 17.2 Å². The summed E-state index contributed by atoms with van der Waals surface area (Å²) in [5, 5.41) is 11.8. The first kappa shape index (κ1) is 22.6. The predicted octanol–water partition coefficient (Wildman–Crippen LogP) is 0.926. The van der Waals surface area contributed by atoms with E-state index in [4.69, 9.17) is 9.29 Å². The molecule has 0 heterocycles. The predicted molar refractivity (Wildman–Crippen MR) is 90.1 cm³/mol. The van der Waals surface area contributed by atoms with Gasteiger partial charge in [-0.2, -0.15) is 8.42 Å². The Bertz CT molecular complexity index is 773. The minimum Gasteiger partial charge on any atom is -0.870 e. The van der Waals surface area contributed by atoms with Crippen molar-refractivity contribution in [1.29, 1.82) is 0 Å².